The van der Waals surface area contributed by atoms with Crippen molar-refractivity contribution in [1.29, 1.82) is 0 Å². The fraction of sp³-hybridized carbons (Fsp3) is 0.333. The van der Waals surface area contributed by atoms with Gasteiger partial charge in [0.1, 0.15) is 0 Å². The summed E-state index contributed by atoms with van der Waals surface area (Å²) in [5.41, 5.74) is 1.16. The minimum atomic E-state index is -3.55. The number of fused-ring (bicyclic) bond motifs is 1. The van der Waals surface area contributed by atoms with Crippen LogP contribution in [0.15, 0.2) is 58.9 Å². The summed E-state index contributed by atoms with van der Waals surface area (Å²) < 4.78 is 40.8. The first kappa shape index (κ1) is 24.2. The Bertz CT molecular complexity index is 1380. The number of allylic oxidation sites excluding steroid dienone is 1. The molecule has 1 saturated heterocycles. The van der Waals surface area contributed by atoms with Crippen LogP contribution in [0.2, 0.25) is 0 Å². The number of thiazole rings is 1. The van der Waals surface area contributed by atoms with Crippen molar-refractivity contribution in [3.63, 3.8) is 0 Å². The van der Waals surface area contributed by atoms with Crippen LogP contribution < -0.4 is 14.3 Å². The average molecular weight is 502 g/mol. The van der Waals surface area contributed by atoms with Gasteiger partial charge in [0.2, 0.25) is 10.0 Å². The molecular weight excluding hydrogens is 474 g/mol. The van der Waals surface area contributed by atoms with Crippen LogP contribution in [0.3, 0.4) is 0 Å². The number of benzene rings is 2. The molecule has 8 nitrogen and oxygen atoms in total. The minimum Gasteiger partial charge on any atom is -0.493 e. The first-order valence-corrected chi connectivity index (χ1v) is 13.2. The molecule has 34 heavy (non-hydrogen) atoms. The fourth-order valence-electron chi connectivity index (χ4n) is 3.96. The van der Waals surface area contributed by atoms with Crippen LogP contribution in [-0.4, -0.2) is 50.5 Å². The van der Waals surface area contributed by atoms with E-state index in [4.69, 9.17) is 9.47 Å². The average Bonchev–Trinajstić information content (AvgIpc) is 3.19. The minimum absolute atomic E-state index is 0.189. The second-order valence-corrected chi connectivity index (χ2v) is 10.8. The van der Waals surface area contributed by atoms with Crippen molar-refractivity contribution in [1.82, 2.24) is 8.87 Å². The highest BCUT2D eigenvalue weighted by molar-refractivity contribution is 7.89. The molecule has 0 atom stereocenters. The van der Waals surface area contributed by atoms with E-state index in [0.29, 0.717) is 41.5 Å². The molecule has 1 aliphatic rings. The standard InChI is InChI=1S/C24H27N3O5S2/c1-4-12-27-19-15-20(31-2)21(32-3)16-22(19)33-24(27)25-23(28)17-8-10-18(11-9-17)34(29,30)26-13-6-5-7-14-26/h4,8-11,15-16H,1,5-7,12-14H2,2-3H3. The van der Waals surface area contributed by atoms with Gasteiger partial charge >= 0.3 is 0 Å². The first-order chi connectivity index (χ1) is 16.4. The first-order valence-electron chi connectivity index (χ1n) is 10.9. The molecule has 0 bridgehead atoms. The molecule has 0 radical (unpaired) electrons. The van der Waals surface area contributed by atoms with Gasteiger partial charge in [-0.05, 0) is 37.1 Å². The van der Waals surface area contributed by atoms with E-state index in [1.54, 1.807) is 20.3 Å². The van der Waals surface area contributed by atoms with Crippen LogP contribution in [0.25, 0.3) is 10.2 Å². The number of methoxy groups -OCH3 is 2. The van der Waals surface area contributed by atoms with E-state index >= 15 is 0 Å². The number of ether oxygens (including phenoxy) is 2. The lowest BCUT2D eigenvalue weighted by molar-refractivity contribution is 0.0997. The Kier molecular flexibility index (Phi) is 7.20. The van der Waals surface area contributed by atoms with E-state index in [1.165, 1.54) is 39.9 Å². The molecule has 1 aromatic heterocycles. The van der Waals surface area contributed by atoms with Crippen molar-refractivity contribution in [3.8, 4) is 11.5 Å². The van der Waals surface area contributed by atoms with Crippen LogP contribution in [0.4, 0.5) is 0 Å². The van der Waals surface area contributed by atoms with Crippen LogP contribution >= 0.6 is 11.3 Å². The Morgan fingerprint density at radius 3 is 2.35 bits per heavy atom. The van der Waals surface area contributed by atoms with Gasteiger partial charge < -0.3 is 14.0 Å². The molecule has 1 aliphatic heterocycles. The van der Waals surface area contributed by atoms with Gasteiger partial charge in [-0.15, -0.1) is 6.58 Å². The highest BCUT2D eigenvalue weighted by atomic mass is 32.2. The number of aromatic nitrogens is 1. The molecule has 0 spiro atoms. The number of carbonyl (C=O) groups excluding carboxylic acids is 1. The Morgan fingerprint density at radius 1 is 1.09 bits per heavy atom. The number of rotatable bonds is 7. The molecule has 3 aromatic rings. The van der Waals surface area contributed by atoms with E-state index in [2.05, 4.69) is 11.6 Å². The Hall–Kier alpha value is -2.95. The Labute approximate surface area is 202 Å². The zero-order valence-corrected chi connectivity index (χ0v) is 20.8. The van der Waals surface area contributed by atoms with Crippen molar-refractivity contribution in [3.05, 3.63) is 59.4 Å². The summed E-state index contributed by atoms with van der Waals surface area (Å²) in [6, 6.07) is 9.68. The molecule has 1 fully saturated rings. The van der Waals surface area contributed by atoms with Crippen LogP contribution in [0.1, 0.15) is 29.6 Å². The molecular formula is C24H27N3O5S2. The quantitative estimate of drug-likeness (QED) is 0.459. The summed E-state index contributed by atoms with van der Waals surface area (Å²) in [5, 5.41) is 0. The molecule has 0 aliphatic carbocycles. The topological polar surface area (TPSA) is 90.2 Å². The van der Waals surface area contributed by atoms with Gasteiger partial charge in [-0.1, -0.05) is 23.8 Å². The molecule has 0 unspecified atom stereocenters. The number of hydrogen-bond acceptors (Lipinski definition) is 6. The third-order valence-corrected chi connectivity index (χ3v) is 8.71. The predicted molar refractivity (Wildman–Crippen MR) is 132 cm³/mol. The molecule has 4 rings (SSSR count). The Balaban J connectivity index is 1.69. The normalized spacial score (nSPS) is 15.4. The number of sulfonamides is 1. The lowest BCUT2D eigenvalue weighted by atomic mass is 10.2. The maximum atomic E-state index is 12.9. The second kappa shape index (κ2) is 10.1. The zero-order chi connectivity index (χ0) is 24.3. The SMILES string of the molecule is C=CCn1c(=NC(=O)c2ccc(S(=O)(=O)N3CCCCC3)cc2)sc2cc(OC)c(OC)cc21. The summed E-state index contributed by atoms with van der Waals surface area (Å²) in [6.45, 7) is 5.32. The number of carbonyl (C=O) groups is 1. The molecule has 2 aromatic carbocycles. The smallest absolute Gasteiger partial charge is 0.279 e. The summed E-state index contributed by atoms with van der Waals surface area (Å²) >= 11 is 1.35. The Morgan fingerprint density at radius 2 is 1.74 bits per heavy atom. The maximum absolute atomic E-state index is 12.9. The fourth-order valence-corrected chi connectivity index (χ4v) is 6.53. The number of piperidine rings is 1. The lowest BCUT2D eigenvalue weighted by Crippen LogP contribution is -2.35. The lowest BCUT2D eigenvalue weighted by Gasteiger charge is -2.25. The van der Waals surface area contributed by atoms with Crippen molar-refractivity contribution < 1.29 is 22.7 Å². The summed E-state index contributed by atoms with van der Waals surface area (Å²) in [7, 11) is -0.418. The number of nitrogens with zero attached hydrogens (tertiary/aromatic N) is 3. The van der Waals surface area contributed by atoms with E-state index < -0.39 is 15.9 Å². The molecule has 0 saturated carbocycles. The van der Waals surface area contributed by atoms with E-state index in [-0.39, 0.29) is 4.90 Å². The largest absolute Gasteiger partial charge is 0.493 e. The number of amides is 1. The third kappa shape index (κ3) is 4.66. The third-order valence-electron chi connectivity index (χ3n) is 5.75. The van der Waals surface area contributed by atoms with Crippen molar-refractivity contribution >= 4 is 37.5 Å². The van der Waals surface area contributed by atoms with Gasteiger partial charge in [0.15, 0.2) is 16.3 Å². The monoisotopic (exact) mass is 501 g/mol. The number of hydrogen-bond donors (Lipinski definition) is 0. The summed E-state index contributed by atoms with van der Waals surface area (Å²) in [6.07, 6.45) is 4.51. The summed E-state index contributed by atoms with van der Waals surface area (Å²) in [5.74, 6) is 0.713. The van der Waals surface area contributed by atoms with Crippen molar-refractivity contribution in [2.24, 2.45) is 4.99 Å². The van der Waals surface area contributed by atoms with Gasteiger partial charge in [-0.2, -0.15) is 9.30 Å². The van der Waals surface area contributed by atoms with Gasteiger partial charge in [0, 0.05) is 37.3 Å². The van der Waals surface area contributed by atoms with E-state index in [0.717, 1.165) is 29.5 Å². The van der Waals surface area contributed by atoms with Crippen molar-refractivity contribution in [2.45, 2.75) is 30.7 Å². The molecule has 0 N–H and O–H groups in total. The van der Waals surface area contributed by atoms with E-state index in [1.807, 2.05) is 16.7 Å². The highest BCUT2D eigenvalue weighted by Gasteiger charge is 2.26. The molecule has 1 amide bonds. The molecule has 10 heteroatoms. The maximum Gasteiger partial charge on any atom is 0.279 e. The predicted octanol–water partition coefficient (Wildman–Crippen LogP) is 3.82. The summed E-state index contributed by atoms with van der Waals surface area (Å²) in [4.78, 5) is 18.0. The molecule has 180 valence electrons. The van der Waals surface area contributed by atoms with Crippen LogP contribution in [0.5, 0.6) is 11.5 Å². The van der Waals surface area contributed by atoms with Gasteiger partial charge in [-0.25, -0.2) is 8.42 Å². The van der Waals surface area contributed by atoms with Gasteiger partial charge in [-0.3, -0.25) is 4.79 Å². The highest BCUT2D eigenvalue weighted by Crippen LogP contribution is 2.33. The van der Waals surface area contributed by atoms with Gasteiger partial charge in [0.05, 0.1) is 29.3 Å². The van der Waals surface area contributed by atoms with E-state index in [9.17, 15) is 13.2 Å². The van der Waals surface area contributed by atoms with Crippen LogP contribution in [-0.2, 0) is 16.6 Å². The second-order valence-electron chi connectivity index (χ2n) is 7.86. The zero-order valence-electron chi connectivity index (χ0n) is 19.2. The molecule has 2 heterocycles. The van der Waals surface area contributed by atoms with Crippen molar-refractivity contribution in [2.75, 3.05) is 27.3 Å². The van der Waals surface area contributed by atoms with Crippen LogP contribution in [0, 0.1) is 0 Å². The van der Waals surface area contributed by atoms with Gasteiger partial charge in [0.25, 0.3) is 5.91 Å².